The van der Waals surface area contributed by atoms with Crippen molar-refractivity contribution in [1.82, 2.24) is 9.55 Å². The summed E-state index contributed by atoms with van der Waals surface area (Å²) in [6, 6.07) is 10.0. The number of rotatable bonds is 4. The summed E-state index contributed by atoms with van der Waals surface area (Å²) in [7, 11) is 1.94. The average molecular weight is 255 g/mol. The Morgan fingerprint density at radius 3 is 2.58 bits per heavy atom. The van der Waals surface area contributed by atoms with Crippen LogP contribution in [0.1, 0.15) is 18.3 Å². The van der Waals surface area contributed by atoms with Crippen LogP contribution in [0.15, 0.2) is 24.3 Å². The van der Waals surface area contributed by atoms with Gasteiger partial charge >= 0.3 is 0 Å². The van der Waals surface area contributed by atoms with E-state index >= 15 is 0 Å². The van der Waals surface area contributed by atoms with Crippen LogP contribution in [0.4, 0.5) is 0 Å². The Labute approximate surface area is 113 Å². The monoisotopic (exact) mass is 255 g/mol. The third kappa shape index (κ3) is 2.60. The van der Waals surface area contributed by atoms with Gasteiger partial charge in [-0.3, -0.25) is 0 Å². The maximum absolute atomic E-state index is 8.84. The van der Waals surface area contributed by atoms with Crippen LogP contribution in [0.3, 0.4) is 0 Å². The Morgan fingerprint density at radius 1 is 1.32 bits per heavy atom. The first-order valence-corrected chi connectivity index (χ1v) is 6.29. The molecular formula is C15H17N3O. The van der Waals surface area contributed by atoms with Crippen LogP contribution in [0.5, 0.6) is 5.75 Å². The van der Waals surface area contributed by atoms with Crippen molar-refractivity contribution in [3.63, 3.8) is 0 Å². The van der Waals surface area contributed by atoms with E-state index in [0.717, 1.165) is 28.5 Å². The quantitative estimate of drug-likeness (QED) is 0.844. The lowest BCUT2D eigenvalue weighted by molar-refractivity contribution is 0.340. The van der Waals surface area contributed by atoms with Crippen molar-refractivity contribution in [1.29, 1.82) is 5.26 Å². The van der Waals surface area contributed by atoms with Crippen LogP contribution in [0.2, 0.25) is 0 Å². The molecule has 0 amide bonds. The maximum atomic E-state index is 8.84. The maximum Gasteiger partial charge on any atom is 0.140 e. The van der Waals surface area contributed by atoms with E-state index < -0.39 is 0 Å². The molecule has 0 aliphatic rings. The lowest BCUT2D eigenvalue weighted by Gasteiger charge is -2.06. The Balaban J connectivity index is 2.37. The molecule has 2 aromatic rings. The first-order chi connectivity index (χ1) is 9.17. The van der Waals surface area contributed by atoms with Crippen molar-refractivity contribution in [2.24, 2.45) is 7.05 Å². The predicted molar refractivity (Wildman–Crippen MR) is 73.9 cm³/mol. The number of hydrogen-bond donors (Lipinski definition) is 0. The minimum atomic E-state index is 0.381. The zero-order valence-electron chi connectivity index (χ0n) is 11.5. The second-order valence-electron chi connectivity index (χ2n) is 4.32. The molecule has 1 heterocycles. The summed E-state index contributed by atoms with van der Waals surface area (Å²) in [4.78, 5) is 4.55. The van der Waals surface area contributed by atoms with Crippen molar-refractivity contribution in [3.05, 3.63) is 35.7 Å². The minimum absolute atomic E-state index is 0.381. The number of aryl methyl sites for hydroxylation is 1. The zero-order valence-corrected chi connectivity index (χ0v) is 11.5. The second-order valence-corrected chi connectivity index (χ2v) is 4.32. The highest BCUT2D eigenvalue weighted by Gasteiger charge is 2.12. The number of nitriles is 1. The molecule has 0 spiro atoms. The molecule has 0 aliphatic heterocycles. The fourth-order valence-corrected chi connectivity index (χ4v) is 2.12. The van der Waals surface area contributed by atoms with Crippen LogP contribution in [0, 0.1) is 18.3 Å². The van der Waals surface area contributed by atoms with Gasteiger partial charge in [-0.05, 0) is 38.1 Å². The van der Waals surface area contributed by atoms with Crippen LogP contribution >= 0.6 is 0 Å². The molecule has 19 heavy (non-hydrogen) atoms. The van der Waals surface area contributed by atoms with Crippen LogP contribution < -0.4 is 4.74 Å². The topological polar surface area (TPSA) is 50.8 Å². The van der Waals surface area contributed by atoms with E-state index in [2.05, 4.69) is 11.1 Å². The fourth-order valence-electron chi connectivity index (χ4n) is 2.12. The van der Waals surface area contributed by atoms with E-state index in [-0.39, 0.29) is 0 Å². The van der Waals surface area contributed by atoms with Crippen LogP contribution in [0.25, 0.3) is 11.4 Å². The third-order valence-corrected chi connectivity index (χ3v) is 3.08. The summed E-state index contributed by atoms with van der Waals surface area (Å²) in [5, 5.41) is 8.84. The molecule has 0 saturated carbocycles. The smallest absolute Gasteiger partial charge is 0.140 e. The largest absolute Gasteiger partial charge is 0.494 e. The van der Waals surface area contributed by atoms with Crippen LogP contribution in [-0.2, 0) is 13.5 Å². The normalized spacial score (nSPS) is 10.2. The number of benzene rings is 1. The molecule has 0 radical (unpaired) electrons. The van der Waals surface area contributed by atoms with Gasteiger partial charge in [0.05, 0.1) is 30.5 Å². The first-order valence-electron chi connectivity index (χ1n) is 6.29. The van der Waals surface area contributed by atoms with Gasteiger partial charge in [0.1, 0.15) is 11.6 Å². The van der Waals surface area contributed by atoms with Crippen molar-refractivity contribution in [3.8, 4) is 23.2 Å². The molecule has 0 unspecified atom stereocenters. The van der Waals surface area contributed by atoms with E-state index in [0.29, 0.717) is 13.0 Å². The Morgan fingerprint density at radius 2 is 2.00 bits per heavy atom. The van der Waals surface area contributed by atoms with Gasteiger partial charge in [-0.1, -0.05) is 0 Å². The van der Waals surface area contributed by atoms with E-state index in [1.165, 1.54) is 0 Å². The number of imidazole rings is 1. The highest BCUT2D eigenvalue weighted by molar-refractivity contribution is 5.58. The van der Waals surface area contributed by atoms with Gasteiger partial charge in [-0.25, -0.2) is 4.98 Å². The molecule has 98 valence electrons. The van der Waals surface area contributed by atoms with Gasteiger partial charge < -0.3 is 9.30 Å². The highest BCUT2D eigenvalue weighted by Crippen LogP contribution is 2.23. The van der Waals surface area contributed by atoms with E-state index in [1.54, 1.807) is 0 Å². The molecular weight excluding hydrogens is 238 g/mol. The lowest BCUT2D eigenvalue weighted by Crippen LogP contribution is -1.98. The summed E-state index contributed by atoms with van der Waals surface area (Å²) >= 11 is 0. The summed E-state index contributed by atoms with van der Waals surface area (Å²) < 4.78 is 7.40. The molecule has 4 heteroatoms. The number of aromatic nitrogens is 2. The molecule has 0 fully saturated rings. The van der Waals surface area contributed by atoms with Crippen molar-refractivity contribution < 1.29 is 4.74 Å². The molecule has 1 aromatic carbocycles. The Hall–Kier alpha value is -2.28. The molecule has 1 aromatic heterocycles. The number of ether oxygens (including phenoxy) is 1. The van der Waals surface area contributed by atoms with Gasteiger partial charge in [-0.15, -0.1) is 0 Å². The average Bonchev–Trinajstić information content (AvgIpc) is 2.69. The lowest BCUT2D eigenvalue weighted by atomic mass is 10.2. The third-order valence-electron chi connectivity index (χ3n) is 3.08. The van der Waals surface area contributed by atoms with Gasteiger partial charge in [0, 0.05) is 12.6 Å². The summed E-state index contributed by atoms with van der Waals surface area (Å²) in [6.07, 6.45) is 0.381. The molecule has 0 N–H and O–H groups in total. The Kier molecular flexibility index (Phi) is 3.86. The standard InChI is InChI=1S/C15H17N3O/c1-4-19-13-7-5-12(6-8-13)15-17-11(2)14(9-10-16)18(15)3/h5-8H,4,9H2,1-3H3. The summed E-state index contributed by atoms with van der Waals surface area (Å²) in [5.74, 6) is 1.74. The number of nitrogens with zero attached hydrogens (tertiary/aromatic N) is 3. The summed E-state index contributed by atoms with van der Waals surface area (Å²) in [6.45, 7) is 4.56. The SMILES string of the molecule is CCOc1ccc(-c2nc(C)c(CC#N)n2C)cc1. The first kappa shape index (κ1) is 13.2. The van der Waals surface area contributed by atoms with Crippen molar-refractivity contribution >= 4 is 0 Å². The van der Waals surface area contributed by atoms with Gasteiger partial charge in [0.2, 0.25) is 0 Å². The second kappa shape index (κ2) is 5.57. The molecule has 0 atom stereocenters. The molecule has 0 bridgehead atoms. The molecule has 2 rings (SSSR count). The summed E-state index contributed by atoms with van der Waals surface area (Å²) in [5.41, 5.74) is 2.90. The van der Waals surface area contributed by atoms with E-state index in [9.17, 15) is 0 Å². The molecule has 4 nitrogen and oxygen atoms in total. The highest BCUT2D eigenvalue weighted by atomic mass is 16.5. The number of hydrogen-bond acceptors (Lipinski definition) is 3. The van der Waals surface area contributed by atoms with Gasteiger partial charge in [0.25, 0.3) is 0 Å². The van der Waals surface area contributed by atoms with Gasteiger partial charge in [0.15, 0.2) is 0 Å². The Bertz CT molecular complexity index is 606. The molecule has 0 saturated heterocycles. The van der Waals surface area contributed by atoms with Crippen molar-refractivity contribution in [2.45, 2.75) is 20.3 Å². The predicted octanol–water partition coefficient (Wildman–Crippen LogP) is 2.86. The van der Waals surface area contributed by atoms with Crippen molar-refractivity contribution in [2.75, 3.05) is 6.61 Å². The van der Waals surface area contributed by atoms with Gasteiger partial charge in [-0.2, -0.15) is 5.26 Å². The minimum Gasteiger partial charge on any atom is -0.494 e. The van der Waals surface area contributed by atoms with E-state index in [4.69, 9.17) is 10.00 Å². The van der Waals surface area contributed by atoms with Crippen LogP contribution in [-0.4, -0.2) is 16.2 Å². The molecule has 0 aliphatic carbocycles. The fraction of sp³-hybridized carbons (Fsp3) is 0.333. The van der Waals surface area contributed by atoms with E-state index in [1.807, 2.05) is 49.7 Å². The zero-order chi connectivity index (χ0) is 13.8.